The summed E-state index contributed by atoms with van der Waals surface area (Å²) >= 11 is 1.46. The van der Waals surface area contributed by atoms with E-state index in [0.29, 0.717) is 5.56 Å². The van der Waals surface area contributed by atoms with Gasteiger partial charge in [-0.05, 0) is 48.4 Å². The van der Waals surface area contributed by atoms with Crippen LogP contribution in [0, 0.1) is 0 Å². The van der Waals surface area contributed by atoms with E-state index in [0.717, 1.165) is 21.8 Å². The molecule has 0 saturated heterocycles. The zero-order valence-corrected chi connectivity index (χ0v) is 12.2. The molecular weight excluding hydrogens is 272 g/mol. The molecule has 20 heavy (non-hydrogen) atoms. The fraction of sp³-hybridized carbons (Fsp3) is 0.188. The molecule has 0 amide bonds. The van der Waals surface area contributed by atoms with E-state index in [-0.39, 0.29) is 11.7 Å². The zero-order valence-electron chi connectivity index (χ0n) is 11.4. The molecule has 2 aromatic carbocycles. The molecule has 2 aromatic rings. The van der Waals surface area contributed by atoms with Gasteiger partial charge in [-0.15, -0.1) is 0 Å². The summed E-state index contributed by atoms with van der Waals surface area (Å²) in [6.07, 6.45) is 0.895. The lowest BCUT2D eigenvalue weighted by Gasteiger charge is -2.07. The van der Waals surface area contributed by atoms with Gasteiger partial charge in [0.2, 0.25) is 0 Å². The number of carbonyl (C=O) groups excluding carboxylic acids is 1. The molecule has 1 N–H and O–H groups in total. The molecule has 0 aliphatic heterocycles. The minimum absolute atomic E-state index is 0.284. The van der Waals surface area contributed by atoms with Crippen LogP contribution in [0.2, 0.25) is 0 Å². The number of carbonyl (C=O) groups is 1. The summed E-state index contributed by atoms with van der Waals surface area (Å²) in [7, 11) is 1.36. The van der Waals surface area contributed by atoms with Crippen LogP contribution in [0.5, 0.6) is 5.75 Å². The van der Waals surface area contributed by atoms with Crippen LogP contribution < -0.4 is 0 Å². The van der Waals surface area contributed by atoms with E-state index in [1.54, 1.807) is 18.2 Å². The molecule has 0 unspecified atom stereocenters. The summed E-state index contributed by atoms with van der Waals surface area (Å²) in [5, 5.41) is 9.97. The fourth-order valence-corrected chi connectivity index (χ4v) is 2.60. The number of hydrogen-bond acceptors (Lipinski definition) is 4. The van der Waals surface area contributed by atoms with E-state index in [9.17, 15) is 9.90 Å². The second-order valence-corrected chi connectivity index (χ2v) is 5.39. The Morgan fingerprint density at radius 3 is 2.45 bits per heavy atom. The second kappa shape index (κ2) is 6.48. The summed E-state index contributed by atoms with van der Waals surface area (Å²) < 4.78 is 4.65. The first kappa shape index (κ1) is 14.5. The lowest BCUT2D eigenvalue weighted by molar-refractivity contribution is 0.0600. The van der Waals surface area contributed by atoms with Gasteiger partial charge in [0, 0.05) is 4.90 Å². The van der Waals surface area contributed by atoms with E-state index in [1.807, 2.05) is 31.2 Å². The number of rotatable bonds is 4. The normalized spacial score (nSPS) is 10.3. The van der Waals surface area contributed by atoms with Crippen LogP contribution >= 0.6 is 11.8 Å². The highest BCUT2D eigenvalue weighted by Gasteiger charge is 2.07. The lowest BCUT2D eigenvalue weighted by atomic mass is 10.2. The molecule has 3 nitrogen and oxygen atoms in total. The van der Waals surface area contributed by atoms with E-state index in [4.69, 9.17) is 0 Å². The highest BCUT2D eigenvalue weighted by atomic mass is 32.2. The van der Waals surface area contributed by atoms with Crippen molar-refractivity contribution in [2.24, 2.45) is 0 Å². The van der Waals surface area contributed by atoms with Crippen LogP contribution in [0.15, 0.2) is 52.3 Å². The van der Waals surface area contributed by atoms with Crippen LogP contribution in [0.25, 0.3) is 0 Å². The van der Waals surface area contributed by atoms with Crippen molar-refractivity contribution in [3.8, 4) is 5.75 Å². The third kappa shape index (κ3) is 3.33. The highest BCUT2D eigenvalue weighted by molar-refractivity contribution is 7.99. The summed E-state index contributed by atoms with van der Waals surface area (Å²) in [4.78, 5) is 13.1. The third-order valence-electron chi connectivity index (χ3n) is 2.93. The van der Waals surface area contributed by atoms with Gasteiger partial charge in [-0.1, -0.05) is 24.8 Å². The van der Waals surface area contributed by atoms with E-state index in [1.165, 1.54) is 18.9 Å². The minimum atomic E-state index is -0.350. The number of esters is 1. The lowest BCUT2D eigenvalue weighted by Crippen LogP contribution is -2.00. The van der Waals surface area contributed by atoms with Crippen LogP contribution in [0.3, 0.4) is 0 Å². The van der Waals surface area contributed by atoms with Crippen molar-refractivity contribution in [2.75, 3.05) is 7.11 Å². The first-order valence-corrected chi connectivity index (χ1v) is 7.13. The van der Waals surface area contributed by atoms with Gasteiger partial charge in [-0.3, -0.25) is 0 Å². The number of phenolic OH excluding ortho intramolecular Hbond substituents is 1. The molecule has 0 fully saturated rings. The van der Waals surface area contributed by atoms with Gasteiger partial charge in [0.15, 0.2) is 0 Å². The maximum absolute atomic E-state index is 11.3. The van der Waals surface area contributed by atoms with Gasteiger partial charge in [0.05, 0.1) is 17.6 Å². The topological polar surface area (TPSA) is 46.5 Å². The van der Waals surface area contributed by atoms with Crippen LogP contribution in [0.1, 0.15) is 22.8 Å². The standard InChI is InChI=1S/C16H16O3S/c1-3-11-4-9-15(14(17)10-11)20-13-7-5-12(6-8-13)16(18)19-2/h4-10,17H,3H2,1-2H3. The number of aromatic hydroxyl groups is 1. The average molecular weight is 288 g/mol. The number of benzene rings is 2. The van der Waals surface area contributed by atoms with Gasteiger partial charge in [0.1, 0.15) is 5.75 Å². The summed E-state index contributed by atoms with van der Waals surface area (Å²) in [5.41, 5.74) is 1.62. The molecular formula is C16H16O3S. The van der Waals surface area contributed by atoms with Crippen LogP contribution in [0.4, 0.5) is 0 Å². The molecule has 0 spiro atoms. The largest absolute Gasteiger partial charge is 0.507 e. The number of ether oxygens (including phenoxy) is 1. The average Bonchev–Trinajstić information content (AvgIpc) is 2.49. The van der Waals surface area contributed by atoms with Crippen LogP contribution in [-0.4, -0.2) is 18.2 Å². The molecule has 4 heteroatoms. The number of aryl methyl sites for hydroxylation is 1. The van der Waals surface area contributed by atoms with Gasteiger partial charge in [-0.25, -0.2) is 4.79 Å². The highest BCUT2D eigenvalue weighted by Crippen LogP contribution is 2.35. The van der Waals surface area contributed by atoms with Crippen molar-refractivity contribution in [2.45, 2.75) is 23.1 Å². The molecule has 0 saturated carbocycles. The van der Waals surface area contributed by atoms with Gasteiger partial charge < -0.3 is 9.84 Å². The molecule has 0 radical (unpaired) electrons. The van der Waals surface area contributed by atoms with Gasteiger partial charge >= 0.3 is 5.97 Å². The van der Waals surface area contributed by atoms with E-state index >= 15 is 0 Å². The van der Waals surface area contributed by atoms with Gasteiger partial charge in [0.25, 0.3) is 0 Å². The Bertz CT molecular complexity index is 606. The summed E-state index contributed by atoms with van der Waals surface area (Å²) in [6.45, 7) is 2.05. The third-order valence-corrected chi connectivity index (χ3v) is 4.01. The smallest absolute Gasteiger partial charge is 0.337 e. The number of methoxy groups -OCH3 is 1. The first-order valence-electron chi connectivity index (χ1n) is 6.32. The molecule has 0 aromatic heterocycles. The maximum atomic E-state index is 11.3. The Morgan fingerprint density at radius 2 is 1.90 bits per heavy atom. The zero-order chi connectivity index (χ0) is 14.5. The van der Waals surface area contributed by atoms with Gasteiger partial charge in [-0.2, -0.15) is 0 Å². The molecule has 104 valence electrons. The van der Waals surface area contributed by atoms with Crippen molar-refractivity contribution >= 4 is 17.7 Å². The molecule has 0 atom stereocenters. The second-order valence-electron chi connectivity index (χ2n) is 4.27. The molecule has 0 bridgehead atoms. The molecule has 2 rings (SSSR count). The quantitative estimate of drug-likeness (QED) is 0.867. The monoisotopic (exact) mass is 288 g/mol. The predicted molar refractivity (Wildman–Crippen MR) is 79.4 cm³/mol. The molecule has 0 aliphatic carbocycles. The Morgan fingerprint density at radius 1 is 1.20 bits per heavy atom. The predicted octanol–water partition coefficient (Wildman–Crippen LogP) is 3.89. The van der Waals surface area contributed by atoms with Crippen LogP contribution in [-0.2, 0) is 11.2 Å². The maximum Gasteiger partial charge on any atom is 0.337 e. The number of phenols is 1. The van der Waals surface area contributed by atoms with Crippen molar-refractivity contribution in [3.63, 3.8) is 0 Å². The molecule has 0 heterocycles. The molecule has 0 aliphatic rings. The Labute approximate surface area is 122 Å². The van der Waals surface area contributed by atoms with Crippen molar-refractivity contribution < 1.29 is 14.6 Å². The summed E-state index contributed by atoms with van der Waals surface area (Å²) in [5.74, 6) is -0.0666. The minimum Gasteiger partial charge on any atom is -0.507 e. The van der Waals surface area contributed by atoms with Crippen molar-refractivity contribution in [1.82, 2.24) is 0 Å². The van der Waals surface area contributed by atoms with Crippen molar-refractivity contribution in [3.05, 3.63) is 53.6 Å². The van der Waals surface area contributed by atoms with E-state index in [2.05, 4.69) is 4.74 Å². The summed E-state index contributed by atoms with van der Waals surface area (Å²) in [6, 6.07) is 12.8. The Balaban J connectivity index is 2.16. The van der Waals surface area contributed by atoms with E-state index < -0.39 is 0 Å². The fourth-order valence-electron chi connectivity index (χ4n) is 1.77. The SMILES string of the molecule is CCc1ccc(Sc2ccc(C(=O)OC)cc2)c(O)c1. The van der Waals surface area contributed by atoms with Crippen molar-refractivity contribution in [1.29, 1.82) is 0 Å². The Kier molecular flexibility index (Phi) is 4.69. The Hall–Kier alpha value is -1.94. The first-order chi connectivity index (χ1) is 9.63. The number of hydrogen-bond donors (Lipinski definition) is 1.